The van der Waals surface area contributed by atoms with E-state index in [9.17, 15) is 4.79 Å². The largest absolute Gasteiger partial charge is 0.439 e. The number of aromatic nitrogens is 1. The van der Waals surface area contributed by atoms with Crippen molar-refractivity contribution >= 4 is 5.91 Å². The molecule has 0 saturated carbocycles. The van der Waals surface area contributed by atoms with Crippen LogP contribution in [0.25, 0.3) is 0 Å². The van der Waals surface area contributed by atoms with Crippen LogP contribution in [-0.4, -0.2) is 28.9 Å². The highest BCUT2D eigenvalue weighted by molar-refractivity contribution is 5.94. The highest BCUT2D eigenvalue weighted by Gasteiger charge is 2.14. The van der Waals surface area contributed by atoms with E-state index in [0.29, 0.717) is 17.2 Å². The van der Waals surface area contributed by atoms with Gasteiger partial charge in [0.15, 0.2) is 0 Å². The van der Waals surface area contributed by atoms with Crippen LogP contribution in [0.4, 0.5) is 0 Å². The molecule has 0 aliphatic carbocycles. The average molecular weight is 298 g/mol. The van der Waals surface area contributed by atoms with Crippen LogP contribution >= 0.6 is 0 Å². The molecule has 116 valence electrons. The number of hydrogen-bond acceptors (Lipinski definition) is 3. The Morgan fingerprint density at radius 3 is 2.50 bits per heavy atom. The molecule has 4 heteroatoms. The van der Waals surface area contributed by atoms with Crippen molar-refractivity contribution < 1.29 is 9.53 Å². The number of rotatable bonds is 7. The van der Waals surface area contributed by atoms with Gasteiger partial charge in [-0.3, -0.25) is 4.79 Å². The fourth-order valence-corrected chi connectivity index (χ4v) is 2.26. The van der Waals surface area contributed by atoms with Crippen molar-refractivity contribution in [1.29, 1.82) is 0 Å². The Kier molecular flexibility index (Phi) is 5.95. The molecule has 0 unspecified atom stereocenters. The van der Waals surface area contributed by atoms with E-state index in [2.05, 4.69) is 18.8 Å². The van der Waals surface area contributed by atoms with E-state index in [1.807, 2.05) is 35.2 Å². The number of carbonyl (C=O) groups is 1. The Labute approximate surface area is 131 Å². The van der Waals surface area contributed by atoms with Gasteiger partial charge in [-0.2, -0.15) is 0 Å². The monoisotopic (exact) mass is 298 g/mol. The number of ether oxygens (including phenoxy) is 1. The fourth-order valence-electron chi connectivity index (χ4n) is 2.26. The van der Waals surface area contributed by atoms with Crippen molar-refractivity contribution in [2.45, 2.75) is 26.7 Å². The van der Waals surface area contributed by atoms with Gasteiger partial charge < -0.3 is 9.64 Å². The van der Waals surface area contributed by atoms with Gasteiger partial charge in [0.2, 0.25) is 5.88 Å². The summed E-state index contributed by atoms with van der Waals surface area (Å²) in [5.41, 5.74) is 0.648. The van der Waals surface area contributed by atoms with Crippen molar-refractivity contribution in [2.24, 2.45) is 0 Å². The van der Waals surface area contributed by atoms with Gasteiger partial charge in [-0.15, -0.1) is 0 Å². The molecule has 0 atom stereocenters. The van der Waals surface area contributed by atoms with Gasteiger partial charge in [-0.05, 0) is 37.1 Å². The maximum atomic E-state index is 12.6. The maximum Gasteiger partial charge on any atom is 0.253 e. The molecule has 1 amide bonds. The van der Waals surface area contributed by atoms with Crippen LogP contribution in [0.2, 0.25) is 0 Å². The SMILES string of the molecule is CCCN(CCC)C(=O)c1cccc(Oc2ccccn2)c1. The first kappa shape index (κ1) is 16.0. The Morgan fingerprint density at radius 2 is 1.86 bits per heavy atom. The first-order valence-corrected chi connectivity index (χ1v) is 7.72. The van der Waals surface area contributed by atoms with Crippen LogP contribution in [0.1, 0.15) is 37.0 Å². The lowest BCUT2D eigenvalue weighted by Crippen LogP contribution is -2.32. The Hall–Kier alpha value is -2.36. The number of benzene rings is 1. The normalized spacial score (nSPS) is 10.3. The minimum absolute atomic E-state index is 0.0511. The molecule has 0 fully saturated rings. The molecule has 0 bridgehead atoms. The van der Waals surface area contributed by atoms with Crippen molar-refractivity contribution in [3.8, 4) is 11.6 Å². The van der Waals surface area contributed by atoms with Gasteiger partial charge >= 0.3 is 0 Å². The molecule has 0 saturated heterocycles. The topological polar surface area (TPSA) is 42.4 Å². The lowest BCUT2D eigenvalue weighted by molar-refractivity contribution is 0.0755. The average Bonchev–Trinajstić information content (AvgIpc) is 2.55. The van der Waals surface area contributed by atoms with E-state index in [1.54, 1.807) is 18.3 Å². The summed E-state index contributed by atoms with van der Waals surface area (Å²) >= 11 is 0. The summed E-state index contributed by atoms with van der Waals surface area (Å²) in [5.74, 6) is 1.19. The zero-order chi connectivity index (χ0) is 15.8. The first-order valence-electron chi connectivity index (χ1n) is 7.72. The van der Waals surface area contributed by atoms with E-state index in [-0.39, 0.29) is 5.91 Å². The van der Waals surface area contributed by atoms with Gasteiger partial charge in [0.05, 0.1) is 0 Å². The lowest BCUT2D eigenvalue weighted by Gasteiger charge is -2.21. The number of hydrogen-bond donors (Lipinski definition) is 0. The third-order valence-electron chi connectivity index (χ3n) is 3.22. The van der Waals surface area contributed by atoms with Crippen LogP contribution in [0.15, 0.2) is 48.7 Å². The number of pyridine rings is 1. The molecule has 2 rings (SSSR count). The fraction of sp³-hybridized carbons (Fsp3) is 0.333. The highest BCUT2D eigenvalue weighted by atomic mass is 16.5. The molecular formula is C18H22N2O2. The summed E-state index contributed by atoms with van der Waals surface area (Å²) in [6.45, 7) is 5.71. The predicted octanol–water partition coefficient (Wildman–Crippen LogP) is 4.14. The second kappa shape index (κ2) is 8.17. The summed E-state index contributed by atoms with van der Waals surface area (Å²) in [5, 5.41) is 0. The van der Waals surface area contributed by atoms with E-state index in [0.717, 1.165) is 25.9 Å². The number of nitrogens with zero attached hydrogens (tertiary/aromatic N) is 2. The lowest BCUT2D eigenvalue weighted by atomic mass is 10.1. The maximum absolute atomic E-state index is 12.6. The second-order valence-corrected chi connectivity index (χ2v) is 5.09. The van der Waals surface area contributed by atoms with E-state index < -0.39 is 0 Å². The minimum atomic E-state index is 0.0511. The molecule has 2 aromatic rings. The minimum Gasteiger partial charge on any atom is -0.439 e. The van der Waals surface area contributed by atoms with Gasteiger partial charge in [-0.1, -0.05) is 26.0 Å². The van der Waals surface area contributed by atoms with E-state index in [4.69, 9.17) is 4.74 Å². The van der Waals surface area contributed by atoms with Crippen LogP contribution in [0, 0.1) is 0 Å². The van der Waals surface area contributed by atoms with Crippen molar-refractivity contribution in [2.75, 3.05) is 13.1 Å². The molecule has 1 aromatic carbocycles. The molecule has 0 spiro atoms. The van der Waals surface area contributed by atoms with Crippen LogP contribution in [-0.2, 0) is 0 Å². The van der Waals surface area contributed by atoms with Crippen LogP contribution < -0.4 is 4.74 Å². The molecule has 0 aliphatic heterocycles. The third kappa shape index (κ3) is 4.32. The van der Waals surface area contributed by atoms with Crippen LogP contribution in [0.5, 0.6) is 11.6 Å². The van der Waals surface area contributed by atoms with Gasteiger partial charge in [0.1, 0.15) is 5.75 Å². The molecule has 1 aromatic heterocycles. The highest BCUT2D eigenvalue weighted by Crippen LogP contribution is 2.21. The number of carbonyl (C=O) groups excluding carboxylic acids is 1. The molecule has 4 nitrogen and oxygen atoms in total. The Morgan fingerprint density at radius 1 is 1.09 bits per heavy atom. The molecule has 0 aliphatic rings. The quantitative estimate of drug-likeness (QED) is 0.771. The molecule has 0 N–H and O–H groups in total. The second-order valence-electron chi connectivity index (χ2n) is 5.09. The zero-order valence-corrected chi connectivity index (χ0v) is 13.2. The summed E-state index contributed by atoms with van der Waals surface area (Å²) in [6.07, 6.45) is 3.58. The van der Waals surface area contributed by atoms with Crippen molar-refractivity contribution in [3.63, 3.8) is 0 Å². The van der Waals surface area contributed by atoms with E-state index in [1.165, 1.54) is 0 Å². The van der Waals surface area contributed by atoms with Gasteiger partial charge in [-0.25, -0.2) is 4.98 Å². The van der Waals surface area contributed by atoms with Gasteiger partial charge in [0, 0.05) is 30.9 Å². The van der Waals surface area contributed by atoms with Gasteiger partial charge in [0.25, 0.3) is 5.91 Å². The predicted molar refractivity (Wildman–Crippen MR) is 87.2 cm³/mol. The summed E-state index contributed by atoms with van der Waals surface area (Å²) in [6, 6.07) is 12.7. The smallest absolute Gasteiger partial charge is 0.253 e. The molecular weight excluding hydrogens is 276 g/mol. The van der Waals surface area contributed by atoms with Crippen molar-refractivity contribution in [3.05, 3.63) is 54.2 Å². The summed E-state index contributed by atoms with van der Waals surface area (Å²) < 4.78 is 5.69. The van der Waals surface area contributed by atoms with Crippen molar-refractivity contribution in [1.82, 2.24) is 9.88 Å². The molecule has 1 heterocycles. The Balaban J connectivity index is 2.14. The zero-order valence-electron chi connectivity index (χ0n) is 13.2. The summed E-state index contributed by atoms with van der Waals surface area (Å²) in [4.78, 5) is 18.6. The molecule has 0 radical (unpaired) electrons. The Bertz CT molecular complexity index is 593. The number of amides is 1. The molecule has 22 heavy (non-hydrogen) atoms. The summed E-state index contributed by atoms with van der Waals surface area (Å²) in [7, 11) is 0. The standard InChI is InChI=1S/C18H22N2O2/c1-3-12-20(13-4-2)18(21)15-8-7-9-16(14-15)22-17-10-5-6-11-19-17/h5-11,14H,3-4,12-13H2,1-2H3. The first-order chi connectivity index (χ1) is 10.7. The van der Waals surface area contributed by atoms with E-state index >= 15 is 0 Å². The third-order valence-corrected chi connectivity index (χ3v) is 3.22. The van der Waals surface area contributed by atoms with Crippen LogP contribution in [0.3, 0.4) is 0 Å².